The van der Waals surface area contributed by atoms with Gasteiger partial charge in [0.05, 0.1) is 0 Å². The van der Waals surface area contributed by atoms with Gasteiger partial charge in [0.15, 0.2) is 0 Å². The zero-order chi connectivity index (χ0) is 13.1. The summed E-state index contributed by atoms with van der Waals surface area (Å²) in [5.41, 5.74) is -0.000936. The van der Waals surface area contributed by atoms with Crippen LogP contribution in [0.3, 0.4) is 0 Å². The Labute approximate surface area is 104 Å². The summed E-state index contributed by atoms with van der Waals surface area (Å²) in [6, 6.07) is 0.280. The first-order chi connectivity index (χ1) is 7.79. The Kier molecular flexibility index (Phi) is 4.77. The van der Waals surface area contributed by atoms with E-state index in [1.807, 2.05) is 0 Å². The summed E-state index contributed by atoms with van der Waals surface area (Å²) in [6.07, 6.45) is -0.820. The fraction of sp³-hybridized carbons (Fsp3) is 0.917. The topological polar surface area (TPSA) is 55.8 Å². The maximum absolute atomic E-state index is 11.2. The third kappa shape index (κ3) is 4.91. The lowest BCUT2D eigenvalue weighted by Crippen LogP contribution is -2.55. The minimum atomic E-state index is -0.820. The Bertz CT molecular complexity index is 263. The van der Waals surface area contributed by atoms with Crippen molar-refractivity contribution in [2.75, 3.05) is 39.8 Å². The van der Waals surface area contributed by atoms with Gasteiger partial charge in [0.1, 0.15) is 0 Å². The molecule has 2 N–H and O–H groups in total. The van der Waals surface area contributed by atoms with Gasteiger partial charge < -0.3 is 15.3 Å². The zero-order valence-corrected chi connectivity index (χ0v) is 11.4. The van der Waals surface area contributed by atoms with Crippen LogP contribution in [0.25, 0.3) is 0 Å². The zero-order valence-electron chi connectivity index (χ0n) is 11.4. The van der Waals surface area contributed by atoms with Gasteiger partial charge in [-0.15, -0.1) is 0 Å². The first kappa shape index (κ1) is 14.3. The number of carboxylic acid groups (broad SMARTS) is 1. The first-order valence-electron chi connectivity index (χ1n) is 6.18. The molecule has 5 heteroatoms. The van der Waals surface area contributed by atoms with E-state index in [4.69, 9.17) is 0 Å². The Morgan fingerprint density at radius 1 is 1.53 bits per heavy atom. The average molecular weight is 243 g/mol. The van der Waals surface area contributed by atoms with Crippen molar-refractivity contribution < 1.29 is 9.90 Å². The van der Waals surface area contributed by atoms with Crippen LogP contribution in [-0.2, 0) is 0 Å². The van der Waals surface area contributed by atoms with Crippen molar-refractivity contribution in [3.8, 4) is 0 Å². The summed E-state index contributed by atoms with van der Waals surface area (Å²) in [7, 11) is 2.06. The van der Waals surface area contributed by atoms with Crippen molar-refractivity contribution in [2.24, 2.45) is 5.41 Å². The van der Waals surface area contributed by atoms with Gasteiger partial charge in [-0.1, -0.05) is 20.8 Å². The monoisotopic (exact) mass is 243 g/mol. The quantitative estimate of drug-likeness (QED) is 0.774. The van der Waals surface area contributed by atoms with Crippen LogP contribution >= 0.6 is 0 Å². The molecule has 17 heavy (non-hydrogen) atoms. The number of amides is 1. The van der Waals surface area contributed by atoms with E-state index >= 15 is 0 Å². The van der Waals surface area contributed by atoms with Crippen LogP contribution in [0, 0.1) is 5.41 Å². The van der Waals surface area contributed by atoms with Crippen LogP contribution in [0.2, 0.25) is 0 Å². The van der Waals surface area contributed by atoms with Crippen LogP contribution in [0.1, 0.15) is 20.8 Å². The number of carbonyl (C=O) groups is 1. The lowest BCUT2D eigenvalue weighted by molar-refractivity contribution is 0.0956. The van der Waals surface area contributed by atoms with Crippen LogP contribution in [0.15, 0.2) is 0 Å². The van der Waals surface area contributed by atoms with Gasteiger partial charge in [-0.3, -0.25) is 4.90 Å². The molecule has 1 aliphatic heterocycles. The maximum atomic E-state index is 11.2. The third-order valence-electron chi connectivity index (χ3n) is 3.01. The summed E-state index contributed by atoms with van der Waals surface area (Å²) < 4.78 is 0. The number of hydrogen-bond donors (Lipinski definition) is 2. The van der Waals surface area contributed by atoms with E-state index in [1.54, 1.807) is 0 Å². The molecule has 100 valence electrons. The number of piperazine rings is 1. The second kappa shape index (κ2) is 5.69. The maximum Gasteiger partial charge on any atom is 0.407 e. The largest absolute Gasteiger partial charge is 0.465 e. The molecule has 1 rings (SSSR count). The highest BCUT2D eigenvalue weighted by molar-refractivity contribution is 5.65. The standard InChI is InChI=1S/C12H25N3O2/c1-12(2,3)9-15(11(16)17)8-10-7-13-5-6-14(10)4/h10,13H,5-9H2,1-4H3,(H,16,17)/t10-/m1/s1. The summed E-state index contributed by atoms with van der Waals surface area (Å²) in [5.74, 6) is 0. The van der Waals surface area contributed by atoms with Gasteiger partial charge in [-0.25, -0.2) is 4.79 Å². The molecule has 0 radical (unpaired) electrons. The minimum Gasteiger partial charge on any atom is -0.465 e. The molecule has 1 atom stereocenters. The van der Waals surface area contributed by atoms with Crippen molar-refractivity contribution in [1.29, 1.82) is 0 Å². The molecule has 0 aromatic carbocycles. The molecule has 0 bridgehead atoms. The Hall–Kier alpha value is -0.810. The molecule has 0 saturated carbocycles. The second-order valence-electron chi connectivity index (χ2n) is 6.06. The molecule has 1 amide bonds. The average Bonchev–Trinajstić information content (AvgIpc) is 2.18. The molecule has 0 unspecified atom stereocenters. The van der Waals surface area contributed by atoms with E-state index < -0.39 is 6.09 Å². The molecule has 5 nitrogen and oxygen atoms in total. The molecule has 1 heterocycles. The number of likely N-dealkylation sites (N-methyl/N-ethyl adjacent to an activating group) is 1. The highest BCUT2D eigenvalue weighted by Crippen LogP contribution is 2.16. The number of hydrogen-bond acceptors (Lipinski definition) is 3. The number of rotatable bonds is 3. The van der Waals surface area contributed by atoms with E-state index in [0.717, 1.165) is 19.6 Å². The first-order valence-corrected chi connectivity index (χ1v) is 6.18. The van der Waals surface area contributed by atoms with Crippen LogP contribution < -0.4 is 5.32 Å². The fourth-order valence-corrected chi connectivity index (χ4v) is 2.10. The van der Waals surface area contributed by atoms with E-state index in [2.05, 4.69) is 38.0 Å². The molecule has 1 fully saturated rings. The van der Waals surface area contributed by atoms with Crippen molar-refractivity contribution in [3.05, 3.63) is 0 Å². The lowest BCUT2D eigenvalue weighted by atomic mass is 9.96. The van der Waals surface area contributed by atoms with Crippen LogP contribution in [0.5, 0.6) is 0 Å². The SMILES string of the molecule is CN1CCNC[C@@H]1CN(CC(C)(C)C)C(=O)O. The summed E-state index contributed by atoms with van der Waals surface area (Å²) >= 11 is 0. The molecule has 1 aliphatic rings. The highest BCUT2D eigenvalue weighted by Gasteiger charge is 2.26. The molecule has 0 aromatic heterocycles. The summed E-state index contributed by atoms with van der Waals surface area (Å²) in [5, 5.41) is 12.6. The third-order valence-corrected chi connectivity index (χ3v) is 3.01. The van der Waals surface area contributed by atoms with Gasteiger partial charge >= 0.3 is 6.09 Å². The van der Waals surface area contributed by atoms with E-state index in [1.165, 1.54) is 4.90 Å². The summed E-state index contributed by atoms with van der Waals surface area (Å²) in [4.78, 5) is 15.0. The highest BCUT2D eigenvalue weighted by atomic mass is 16.4. The van der Waals surface area contributed by atoms with Crippen LogP contribution in [0.4, 0.5) is 4.79 Å². The van der Waals surface area contributed by atoms with Gasteiger partial charge in [0.2, 0.25) is 0 Å². The predicted octanol–water partition coefficient (Wildman–Crippen LogP) is 0.916. The fourth-order valence-electron chi connectivity index (χ4n) is 2.10. The molecular weight excluding hydrogens is 218 g/mol. The van der Waals surface area contributed by atoms with Crippen molar-refractivity contribution in [3.63, 3.8) is 0 Å². The minimum absolute atomic E-state index is 0.000936. The molecular formula is C12H25N3O2. The summed E-state index contributed by atoms with van der Waals surface area (Å²) in [6.45, 7) is 10.2. The van der Waals surface area contributed by atoms with Gasteiger partial charge in [0.25, 0.3) is 0 Å². The molecule has 0 spiro atoms. The van der Waals surface area contributed by atoms with E-state index in [-0.39, 0.29) is 11.5 Å². The number of nitrogens with one attached hydrogen (secondary N) is 1. The van der Waals surface area contributed by atoms with Gasteiger partial charge in [0, 0.05) is 38.8 Å². The van der Waals surface area contributed by atoms with Gasteiger partial charge in [-0.05, 0) is 12.5 Å². The Balaban J connectivity index is 2.56. The van der Waals surface area contributed by atoms with Gasteiger partial charge in [-0.2, -0.15) is 0 Å². The molecule has 0 aromatic rings. The second-order valence-corrected chi connectivity index (χ2v) is 6.06. The van der Waals surface area contributed by atoms with Crippen molar-refractivity contribution >= 4 is 6.09 Å². The van der Waals surface area contributed by atoms with E-state index in [0.29, 0.717) is 13.1 Å². The van der Waals surface area contributed by atoms with Crippen molar-refractivity contribution in [2.45, 2.75) is 26.8 Å². The smallest absolute Gasteiger partial charge is 0.407 e. The lowest BCUT2D eigenvalue weighted by Gasteiger charge is -2.37. The normalized spacial score (nSPS) is 22.5. The van der Waals surface area contributed by atoms with Crippen LogP contribution in [-0.4, -0.2) is 66.8 Å². The number of nitrogens with zero attached hydrogens (tertiary/aromatic N) is 2. The molecule has 0 aliphatic carbocycles. The Morgan fingerprint density at radius 2 is 2.18 bits per heavy atom. The van der Waals surface area contributed by atoms with Crippen molar-refractivity contribution in [1.82, 2.24) is 15.1 Å². The Morgan fingerprint density at radius 3 is 2.65 bits per heavy atom. The van der Waals surface area contributed by atoms with E-state index in [9.17, 15) is 9.90 Å². The predicted molar refractivity (Wildman–Crippen MR) is 68.3 cm³/mol. The molecule has 1 saturated heterocycles.